The molecule has 0 spiro atoms. The minimum absolute atomic E-state index is 0.347. The molecule has 0 saturated carbocycles. The van der Waals surface area contributed by atoms with E-state index in [2.05, 4.69) is 5.16 Å². The first kappa shape index (κ1) is 14.0. The van der Waals surface area contributed by atoms with Crippen LogP contribution < -0.4 is 5.73 Å². The maximum atomic E-state index is 6.06. The molecule has 2 aromatic carbocycles. The number of nitrogens with two attached hydrogens (primary N) is 1. The Morgan fingerprint density at radius 1 is 0.952 bits per heavy atom. The van der Waals surface area contributed by atoms with Gasteiger partial charge in [-0.15, -0.1) is 0 Å². The Kier molecular flexibility index (Phi) is 3.62. The van der Waals surface area contributed by atoms with Crippen molar-refractivity contribution in [2.75, 3.05) is 5.73 Å². The average molecular weight is 319 g/mol. The van der Waals surface area contributed by atoms with Crippen molar-refractivity contribution >= 4 is 29.0 Å². The molecule has 0 bridgehead atoms. The van der Waals surface area contributed by atoms with Gasteiger partial charge in [-0.2, -0.15) is 0 Å². The minimum Gasteiger partial charge on any atom is -0.380 e. The quantitative estimate of drug-likeness (QED) is 0.706. The van der Waals surface area contributed by atoms with Crippen molar-refractivity contribution in [3.8, 4) is 22.5 Å². The molecule has 106 valence electrons. The van der Waals surface area contributed by atoms with Crippen molar-refractivity contribution in [1.29, 1.82) is 0 Å². The predicted molar refractivity (Wildman–Crippen MR) is 86.5 cm³/mol. The van der Waals surface area contributed by atoms with E-state index < -0.39 is 0 Å². The summed E-state index contributed by atoms with van der Waals surface area (Å²) in [6.07, 6.45) is 0. The van der Waals surface area contributed by atoms with Crippen molar-refractivity contribution in [1.82, 2.24) is 5.16 Å². The van der Waals surface area contributed by atoms with Crippen LogP contribution in [-0.4, -0.2) is 5.16 Å². The van der Waals surface area contributed by atoms with Gasteiger partial charge in [0, 0.05) is 5.56 Å². The summed E-state index contributed by atoms with van der Waals surface area (Å²) >= 11 is 12.0. The van der Waals surface area contributed by atoms with Crippen molar-refractivity contribution in [3.63, 3.8) is 0 Å². The molecular formula is C16H12Cl2N2O. The molecule has 0 aliphatic heterocycles. The molecule has 0 radical (unpaired) electrons. The Labute approximate surface area is 132 Å². The van der Waals surface area contributed by atoms with Gasteiger partial charge in [0.15, 0.2) is 11.6 Å². The van der Waals surface area contributed by atoms with Crippen molar-refractivity contribution in [2.24, 2.45) is 0 Å². The van der Waals surface area contributed by atoms with Gasteiger partial charge in [0.2, 0.25) is 0 Å². The number of nitrogen functional groups attached to an aromatic ring is 1. The summed E-state index contributed by atoms with van der Waals surface area (Å²) in [5.41, 5.74) is 9.61. The Morgan fingerprint density at radius 2 is 1.62 bits per heavy atom. The number of aromatic nitrogens is 1. The summed E-state index contributed by atoms with van der Waals surface area (Å²) in [4.78, 5) is 0. The lowest BCUT2D eigenvalue weighted by molar-refractivity contribution is 0.436. The molecule has 1 aromatic heterocycles. The fourth-order valence-corrected chi connectivity index (χ4v) is 2.43. The number of anilines is 1. The van der Waals surface area contributed by atoms with Crippen LogP contribution in [0.25, 0.3) is 22.5 Å². The van der Waals surface area contributed by atoms with E-state index in [0.29, 0.717) is 21.6 Å². The molecule has 3 aromatic rings. The topological polar surface area (TPSA) is 52.0 Å². The first-order valence-electron chi connectivity index (χ1n) is 6.34. The molecule has 21 heavy (non-hydrogen) atoms. The lowest BCUT2D eigenvalue weighted by Gasteiger charge is -2.04. The van der Waals surface area contributed by atoms with Crippen molar-refractivity contribution in [3.05, 3.63) is 58.1 Å². The molecule has 0 aliphatic rings. The Balaban J connectivity index is 2.16. The van der Waals surface area contributed by atoms with Crippen molar-refractivity contribution < 1.29 is 4.52 Å². The highest BCUT2D eigenvalue weighted by atomic mass is 35.5. The molecule has 0 fully saturated rings. The lowest BCUT2D eigenvalue weighted by atomic mass is 10.0. The van der Waals surface area contributed by atoms with Gasteiger partial charge >= 0.3 is 0 Å². The van der Waals surface area contributed by atoms with E-state index in [-0.39, 0.29) is 0 Å². The number of benzene rings is 2. The van der Waals surface area contributed by atoms with Gasteiger partial charge in [0.1, 0.15) is 0 Å². The molecule has 5 heteroatoms. The first-order valence-corrected chi connectivity index (χ1v) is 7.09. The fourth-order valence-electron chi connectivity index (χ4n) is 2.14. The van der Waals surface area contributed by atoms with Crippen LogP contribution in [0.2, 0.25) is 10.0 Å². The fraction of sp³-hybridized carbons (Fsp3) is 0.0625. The van der Waals surface area contributed by atoms with Crippen LogP contribution in [-0.2, 0) is 0 Å². The first-order chi connectivity index (χ1) is 10.1. The van der Waals surface area contributed by atoms with Gasteiger partial charge in [-0.3, -0.25) is 0 Å². The van der Waals surface area contributed by atoms with Crippen LogP contribution in [0.4, 0.5) is 5.82 Å². The van der Waals surface area contributed by atoms with E-state index >= 15 is 0 Å². The number of hydrogen-bond donors (Lipinski definition) is 1. The number of halogens is 2. The number of aryl methyl sites for hydroxylation is 1. The monoisotopic (exact) mass is 318 g/mol. The van der Waals surface area contributed by atoms with E-state index in [0.717, 1.165) is 16.7 Å². The zero-order valence-corrected chi connectivity index (χ0v) is 12.7. The van der Waals surface area contributed by atoms with Crippen LogP contribution in [0.3, 0.4) is 0 Å². The molecule has 3 rings (SSSR count). The lowest BCUT2D eigenvalue weighted by Crippen LogP contribution is -1.89. The second-order valence-corrected chi connectivity index (χ2v) is 5.58. The minimum atomic E-state index is 0.347. The van der Waals surface area contributed by atoms with Gasteiger partial charge in [-0.1, -0.05) is 58.2 Å². The second-order valence-electron chi connectivity index (χ2n) is 4.77. The summed E-state index contributed by atoms with van der Waals surface area (Å²) in [7, 11) is 0. The second kappa shape index (κ2) is 5.43. The van der Waals surface area contributed by atoms with Gasteiger partial charge in [0.25, 0.3) is 0 Å². The summed E-state index contributed by atoms with van der Waals surface area (Å²) < 4.78 is 5.38. The molecule has 0 unspecified atom stereocenters. The SMILES string of the molecule is Cc1ccc(-c2c(N)noc2-c2ccc(Cl)c(Cl)c2)cc1. The van der Waals surface area contributed by atoms with Crippen LogP contribution >= 0.6 is 23.2 Å². The highest BCUT2D eigenvalue weighted by Gasteiger charge is 2.18. The highest BCUT2D eigenvalue weighted by Crippen LogP contribution is 2.38. The summed E-state index contributed by atoms with van der Waals surface area (Å²) in [6, 6.07) is 13.3. The van der Waals surface area contributed by atoms with E-state index in [1.807, 2.05) is 37.3 Å². The predicted octanol–water partition coefficient (Wildman–Crippen LogP) is 5.21. The highest BCUT2D eigenvalue weighted by molar-refractivity contribution is 6.42. The molecule has 0 aliphatic carbocycles. The van der Waals surface area contributed by atoms with E-state index in [9.17, 15) is 0 Å². The van der Waals surface area contributed by atoms with Crippen LogP contribution in [0.1, 0.15) is 5.56 Å². The zero-order chi connectivity index (χ0) is 15.0. The van der Waals surface area contributed by atoms with Gasteiger partial charge in [-0.25, -0.2) is 0 Å². The normalized spacial score (nSPS) is 10.8. The third-order valence-corrected chi connectivity index (χ3v) is 3.98. The van der Waals surface area contributed by atoms with Gasteiger partial charge < -0.3 is 10.3 Å². The number of nitrogens with zero attached hydrogens (tertiary/aromatic N) is 1. The molecule has 1 heterocycles. The molecule has 0 atom stereocenters. The summed E-state index contributed by atoms with van der Waals surface area (Å²) in [5, 5.41) is 4.82. The van der Waals surface area contributed by atoms with Crippen LogP contribution in [0.15, 0.2) is 47.0 Å². The van der Waals surface area contributed by atoms with E-state index in [1.54, 1.807) is 12.1 Å². The summed E-state index contributed by atoms with van der Waals surface area (Å²) in [5.74, 6) is 0.926. The largest absolute Gasteiger partial charge is 0.380 e. The van der Waals surface area contributed by atoms with Crippen molar-refractivity contribution in [2.45, 2.75) is 6.92 Å². The van der Waals surface area contributed by atoms with Gasteiger partial charge in [0.05, 0.1) is 15.6 Å². The molecule has 0 saturated heterocycles. The Hall–Kier alpha value is -1.97. The van der Waals surface area contributed by atoms with Crippen LogP contribution in [0, 0.1) is 6.92 Å². The molecular weight excluding hydrogens is 307 g/mol. The molecule has 2 N–H and O–H groups in total. The van der Waals surface area contributed by atoms with Crippen LogP contribution in [0.5, 0.6) is 0 Å². The maximum Gasteiger partial charge on any atom is 0.176 e. The standard InChI is InChI=1S/C16H12Cl2N2O/c1-9-2-4-10(5-3-9)14-15(21-20-16(14)19)11-6-7-12(17)13(18)8-11/h2-8H,1H3,(H2,19,20). The van der Waals surface area contributed by atoms with E-state index in [1.165, 1.54) is 5.56 Å². The average Bonchev–Trinajstić information content (AvgIpc) is 2.85. The number of hydrogen-bond acceptors (Lipinski definition) is 3. The number of rotatable bonds is 2. The smallest absolute Gasteiger partial charge is 0.176 e. The Bertz CT molecular complexity index is 795. The maximum absolute atomic E-state index is 6.06. The third kappa shape index (κ3) is 2.62. The Morgan fingerprint density at radius 3 is 2.29 bits per heavy atom. The van der Waals surface area contributed by atoms with E-state index in [4.69, 9.17) is 33.5 Å². The molecule has 3 nitrogen and oxygen atoms in total. The summed E-state index contributed by atoms with van der Waals surface area (Å²) in [6.45, 7) is 2.03. The third-order valence-electron chi connectivity index (χ3n) is 3.24. The molecule has 0 amide bonds. The zero-order valence-electron chi connectivity index (χ0n) is 11.2. The van der Waals surface area contributed by atoms with Gasteiger partial charge in [-0.05, 0) is 30.7 Å².